The summed E-state index contributed by atoms with van der Waals surface area (Å²) in [6.07, 6.45) is 3.71. The van der Waals surface area contributed by atoms with E-state index in [0.717, 1.165) is 18.7 Å². The first kappa shape index (κ1) is 12.0. The third-order valence-electron chi connectivity index (χ3n) is 2.59. The lowest BCUT2D eigenvalue weighted by Crippen LogP contribution is -2.28. The van der Waals surface area contributed by atoms with Gasteiger partial charge >= 0.3 is 0 Å². The van der Waals surface area contributed by atoms with Gasteiger partial charge in [-0.2, -0.15) is 0 Å². The molecule has 0 aliphatic carbocycles. The summed E-state index contributed by atoms with van der Waals surface area (Å²) in [6.45, 7) is 1.48. The fourth-order valence-electron chi connectivity index (χ4n) is 1.65. The van der Waals surface area contributed by atoms with Gasteiger partial charge in [0.25, 0.3) is 5.91 Å². The summed E-state index contributed by atoms with van der Waals surface area (Å²) in [4.78, 5) is 21.1. The van der Waals surface area contributed by atoms with Crippen molar-refractivity contribution in [2.24, 2.45) is 5.73 Å². The molecule has 1 fully saturated rings. The van der Waals surface area contributed by atoms with Crippen molar-refractivity contribution in [3.63, 3.8) is 0 Å². The van der Waals surface area contributed by atoms with Crippen molar-refractivity contribution in [2.45, 2.75) is 6.42 Å². The van der Waals surface area contributed by atoms with Gasteiger partial charge in [-0.3, -0.25) is 9.00 Å². The number of hydrogen-bond acceptors (Lipinski definition) is 5. The molecule has 1 aromatic heterocycles. The summed E-state index contributed by atoms with van der Waals surface area (Å²) in [7, 11) is -0.735. The van der Waals surface area contributed by atoms with Crippen molar-refractivity contribution >= 4 is 22.7 Å². The molecule has 17 heavy (non-hydrogen) atoms. The normalized spacial score (nSPS) is 20.9. The minimum Gasteiger partial charge on any atom is -0.366 e. The van der Waals surface area contributed by atoms with Crippen LogP contribution < -0.4 is 10.6 Å². The maximum absolute atomic E-state index is 11.4. The highest BCUT2D eigenvalue weighted by molar-refractivity contribution is 7.85. The third-order valence-corrected chi connectivity index (χ3v) is 3.98. The van der Waals surface area contributed by atoms with Crippen LogP contribution in [0.2, 0.25) is 0 Å². The van der Waals surface area contributed by atoms with E-state index in [-0.39, 0.29) is 0 Å². The van der Waals surface area contributed by atoms with Crippen LogP contribution in [0.25, 0.3) is 0 Å². The maximum Gasteiger partial charge on any atom is 0.251 e. The molecule has 0 aromatic carbocycles. The second-order valence-corrected chi connectivity index (χ2v) is 5.52. The Labute approximate surface area is 102 Å². The van der Waals surface area contributed by atoms with Gasteiger partial charge in [-0.05, 0) is 6.42 Å². The third kappa shape index (κ3) is 3.00. The number of carbonyl (C=O) groups is 1. The summed E-state index contributed by atoms with van der Waals surface area (Å²) in [5, 5.41) is 0. The molecule has 0 spiro atoms. The van der Waals surface area contributed by atoms with E-state index in [4.69, 9.17) is 5.73 Å². The summed E-state index contributed by atoms with van der Waals surface area (Å²) in [5.74, 6) is 1.40. The summed E-state index contributed by atoms with van der Waals surface area (Å²) in [6, 6.07) is 0. The lowest BCUT2D eigenvalue weighted by atomic mass is 10.3. The van der Waals surface area contributed by atoms with Crippen molar-refractivity contribution in [1.29, 1.82) is 0 Å². The van der Waals surface area contributed by atoms with Crippen LogP contribution >= 0.6 is 0 Å². The van der Waals surface area contributed by atoms with Crippen LogP contribution in [0.15, 0.2) is 12.4 Å². The number of nitrogens with zero attached hydrogens (tertiary/aromatic N) is 3. The molecule has 0 bridgehead atoms. The smallest absolute Gasteiger partial charge is 0.251 e. The second-order valence-electron chi connectivity index (χ2n) is 3.82. The standard InChI is InChI=1S/C10H14N4O2S/c11-9(15)8-6-12-10(13-7-8)14-2-1-4-17(16)5-3-14/h6-7H,1-5H2,(H2,11,15). The van der Waals surface area contributed by atoms with E-state index in [2.05, 4.69) is 9.97 Å². The number of primary amides is 1. The number of aromatic nitrogens is 2. The molecule has 0 radical (unpaired) electrons. The molecule has 1 aliphatic heterocycles. The molecular formula is C10H14N4O2S. The zero-order chi connectivity index (χ0) is 12.3. The van der Waals surface area contributed by atoms with Crippen molar-refractivity contribution in [1.82, 2.24) is 9.97 Å². The van der Waals surface area contributed by atoms with Crippen LogP contribution in [0, 0.1) is 0 Å². The molecule has 1 unspecified atom stereocenters. The molecule has 1 aromatic rings. The Kier molecular flexibility index (Phi) is 3.68. The van der Waals surface area contributed by atoms with Crippen LogP contribution in [0.3, 0.4) is 0 Å². The molecule has 2 heterocycles. The van der Waals surface area contributed by atoms with E-state index in [1.165, 1.54) is 12.4 Å². The minimum atomic E-state index is -0.735. The van der Waals surface area contributed by atoms with Gasteiger partial charge in [0.2, 0.25) is 5.95 Å². The monoisotopic (exact) mass is 254 g/mol. The largest absolute Gasteiger partial charge is 0.366 e. The highest BCUT2D eigenvalue weighted by atomic mass is 32.2. The minimum absolute atomic E-state index is 0.298. The molecule has 2 N–H and O–H groups in total. The molecule has 0 saturated carbocycles. The highest BCUT2D eigenvalue weighted by Crippen LogP contribution is 2.10. The van der Waals surface area contributed by atoms with E-state index in [1.807, 2.05) is 4.90 Å². The second kappa shape index (κ2) is 5.22. The Hall–Kier alpha value is -1.50. The Morgan fingerprint density at radius 3 is 2.65 bits per heavy atom. The van der Waals surface area contributed by atoms with Crippen LogP contribution in [0.4, 0.5) is 5.95 Å². The van der Waals surface area contributed by atoms with E-state index in [9.17, 15) is 9.00 Å². The molecule has 1 saturated heterocycles. The predicted octanol–water partition coefficient (Wildman–Crippen LogP) is -0.466. The fourth-order valence-corrected chi connectivity index (χ4v) is 2.73. The van der Waals surface area contributed by atoms with Gasteiger partial charge in [0, 0.05) is 47.8 Å². The van der Waals surface area contributed by atoms with Crippen molar-refractivity contribution in [3.8, 4) is 0 Å². The molecule has 92 valence electrons. The van der Waals surface area contributed by atoms with Gasteiger partial charge < -0.3 is 10.6 Å². The van der Waals surface area contributed by atoms with E-state index >= 15 is 0 Å². The molecular weight excluding hydrogens is 240 g/mol. The molecule has 7 heteroatoms. The van der Waals surface area contributed by atoms with E-state index < -0.39 is 16.7 Å². The van der Waals surface area contributed by atoms with Gasteiger partial charge in [-0.1, -0.05) is 0 Å². The predicted molar refractivity (Wildman–Crippen MR) is 65.3 cm³/mol. The topological polar surface area (TPSA) is 89.2 Å². The van der Waals surface area contributed by atoms with Gasteiger partial charge in [-0.15, -0.1) is 0 Å². The van der Waals surface area contributed by atoms with Gasteiger partial charge in [0.1, 0.15) is 0 Å². The Balaban J connectivity index is 2.11. The van der Waals surface area contributed by atoms with Crippen LogP contribution in [0.1, 0.15) is 16.8 Å². The first-order valence-corrected chi connectivity index (χ1v) is 6.87. The maximum atomic E-state index is 11.4. The number of rotatable bonds is 2. The van der Waals surface area contributed by atoms with Crippen molar-refractivity contribution in [3.05, 3.63) is 18.0 Å². The van der Waals surface area contributed by atoms with E-state index in [0.29, 0.717) is 23.8 Å². The lowest BCUT2D eigenvalue weighted by molar-refractivity contribution is 0.0999. The van der Waals surface area contributed by atoms with Crippen LogP contribution in [-0.4, -0.2) is 44.7 Å². The first-order valence-electron chi connectivity index (χ1n) is 5.38. The van der Waals surface area contributed by atoms with Crippen LogP contribution in [-0.2, 0) is 10.8 Å². The first-order chi connectivity index (χ1) is 8.16. The SMILES string of the molecule is NC(=O)c1cnc(N2CCCS(=O)CC2)nc1. The molecule has 6 nitrogen and oxygen atoms in total. The van der Waals surface area contributed by atoms with E-state index in [1.54, 1.807) is 0 Å². The average molecular weight is 254 g/mol. The Morgan fingerprint density at radius 2 is 2.00 bits per heavy atom. The molecule has 1 amide bonds. The Bertz CT molecular complexity index is 434. The number of anilines is 1. The highest BCUT2D eigenvalue weighted by Gasteiger charge is 2.15. The molecule has 1 atom stereocenters. The average Bonchev–Trinajstić information content (AvgIpc) is 2.54. The van der Waals surface area contributed by atoms with Gasteiger partial charge in [-0.25, -0.2) is 9.97 Å². The van der Waals surface area contributed by atoms with Crippen molar-refractivity contribution in [2.75, 3.05) is 29.5 Å². The number of nitrogens with two attached hydrogens (primary N) is 1. The quantitative estimate of drug-likeness (QED) is 0.771. The molecule has 1 aliphatic rings. The molecule has 2 rings (SSSR count). The zero-order valence-electron chi connectivity index (χ0n) is 9.33. The van der Waals surface area contributed by atoms with Gasteiger partial charge in [0.05, 0.1) is 5.56 Å². The fraction of sp³-hybridized carbons (Fsp3) is 0.500. The summed E-state index contributed by atoms with van der Waals surface area (Å²) in [5.41, 5.74) is 5.41. The zero-order valence-corrected chi connectivity index (χ0v) is 10.2. The van der Waals surface area contributed by atoms with Gasteiger partial charge in [0.15, 0.2) is 0 Å². The summed E-state index contributed by atoms with van der Waals surface area (Å²) < 4.78 is 11.4. The summed E-state index contributed by atoms with van der Waals surface area (Å²) >= 11 is 0. The Morgan fingerprint density at radius 1 is 1.29 bits per heavy atom. The lowest BCUT2D eigenvalue weighted by Gasteiger charge is -2.19. The number of hydrogen-bond donors (Lipinski definition) is 1. The van der Waals surface area contributed by atoms with Crippen LogP contribution in [0.5, 0.6) is 0 Å². The van der Waals surface area contributed by atoms with Crippen molar-refractivity contribution < 1.29 is 9.00 Å². The number of amides is 1. The number of carbonyl (C=O) groups excluding carboxylic acids is 1.